The molecule has 0 aromatic carbocycles. The number of nitrogens with two attached hydrogens (primary N) is 2. The van der Waals surface area contributed by atoms with E-state index in [0.29, 0.717) is 0 Å². The van der Waals surface area contributed by atoms with Crippen molar-refractivity contribution in [2.75, 3.05) is 0 Å². The summed E-state index contributed by atoms with van der Waals surface area (Å²) in [5, 5.41) is 13.6. The van der Waals surface area contributed by atoms with Crippen LogP contribution in [-0.2, 0) is 40.2 Å². The van der Waals surface area contributed by atoms with Crippen molar-refractivity contribution in [3.63, 3.8) is 0 Å². The average Bonchev–Trinajstić information content (AvgIpc) is 2.40. The second kappa shape index (κ2) is 14.5. The maximum absolute atomic E-state index is 11.1. The first kappa shape index (κ1) is 29.1. The van der Waals surface area contributed by atoms with E-state index in [1.165, 1.54) is 26.7 Å². The molecule has 1 unspecified atom stereocenters. The van der Waals surface area contributed by atoms with E-state index >= 15 is 0 Å². The van der Waals surface area contributed by atoms with Crippen molar-refractivity contribution >= 4 is 17.5 Å². The van der Waals surface area contributed by atoms with E-state index in [2.05, 4.69) is 4.74 Å². The summed E-state index contributed by atoms with van der Waals surface area (Å²) in [5.41, 5.74) is 11.3. The van der Waals surface area contributed by atoms with E-state index < -0.39 is 28.5 Å². The third-order valence-corrected chi connectivity index (χ3v) is 3.41. The zero-order valence-corrected chi connectivity index (χ0v) is 16.7. The van der Waals surface area contributed by atoms with E-state index in [9.17, 15) is 14.4 Å². The summed E-state index contributed by atoms with van der Waals surface area (Å²) in [4.78, 5) is 41.1. The summed E-state index contributed by atoms with van der Waals surface area (Å²) in [6.45, 7) is 2.68. The first-order valence-corrected chi connectivity index (χ1v) is 7.35. The molecular weight excluding hydrogens is 533 g/mol. The number of cyclic esters (lactones) is 1. The van der Waals surface area contributed by atoms with Gasteiger partial charge in [0, 0.05) is 39.2 Å². The van der Waals surface area contributed by atoms with Gasteiger partial charge in [0.1, 0.15) is 5.76 Å². The van der Waals surface area contributed by atoms with E-state index in [1.807, 2.05) is 0 Å². The minimum atomic E-state index is -1.50. The maximum Gasteiger partial charge on any atom is 0.329 e. The van der Waals surface area contributed by atoms with Gasteiger partial charge in [-0.1, -0.05) is 12.8 Å². The fourth-order valence-electron chi connectivity index (χ4n) is 2.20. The van der Waals surface area contributed by atoms with Gasteiger partial charge < -0.3 is 26.9 Å². The normalized spacial score (nSPS) is 23.8. The Morgan fingerprint density at radius 3 is 1.92 bits per heavy atom. The van der Waals surface area contributed by atoms with Crippen molar-refractivity contribution in [1.82, 2.24) is 0 Å². The third kappa shape index (κ3) is 11.8. The number of carbonyl (C=O) groups excluding carboxylic acids is 3. The standard InChI is InChI=1S/C8H8O4.C6H14N2.HNO3.H2O.Pt/c1-4-3-6(10)7(5(2)9)8(11)12-4;7-5-3-1-2-4-6(5)8;2-1(3)4;;/h3,7H,1-2H3;5-6H,1-4,7-8H2;(H,2,3,4);1H2;/t;5-,6-;;;/m.1.../s1. The second-order valence-corrected chi connectivity index (χ2v) is 5.47. The number of ether oxygens (including phenoxy) is 1. The predicted octanol–water partition coefficient (Wildman–Crippen LogP) is -0.739. The van der Waals surface area contributed by atoms with Gasteiger partial charge in [0.15, 0.2) is 17.5 Å². The van der Waals surface area contributed by atoms with Gasteiger partial charge in [-0.2, -0.15) is 0 Å². The Labute approximate surface area is 164 Å². The van der Waals surface area contributed by atoms with Crippen LogP contribution < -0.4 is 11.5 Å². The van der Waals surface area contributed by atoms with Gasteiger partial charge in [0.2, 0.25) is 0 Å². The number of allylic oxidation sites excluding steroid dienone is 2. The first-order valence-electron chi connectivity index (χ1n) is 7.35. The van der Waals surface area contributed by atoms with Gasteiger partial charge in [-0.3, -0.25) is 14.4 Å². The number of rotatable bonds is 1. The molecule has 1 fully saturated rings. The molecule has 2 aliphatic rings. The molecule has 12 heteroatoms. The number of nitrogens with zero attached hydrogens (tertiary/aromatic N) is 1. The SMILES string of the molecule is CC(=O)C1C(=O)C=C(C)OC1=O.N[C@@H]1CCCC[C@H]1N.O.O=[N+]([O-])O.[Pt]. The van der Waals surface area contributed by atoms with Crippen LogP contribution in [0.2, 0.25) is 0 Å². The van der Waals surface area contributed by atoms with E-state index in [0.717, 1.165) is 18.9 Å². The second-order valence-electron chi connectivity index (χ2n) is 5.47. The molecular formula is C14H25N3O8Pt. The Balaban J connectivity index is -0.000000331. The van der Waals surface area contributed by atoms with E-state index in [1.54, 1.807) is 0 Å². The van der Waals surface area contributed by atoms with E-state index in [-0.39, 0.29) is 44.4 Å². The fraction of sp³-hybridized carbons (Fsp3) is 0.643. The molecule has 7 N–H and O–H groups in total. The van der Waals surface area contributed by atoms with Crippen molar-refractivity contribution in [2.45, 2.75) is 51.6 Å². The largest absolute Gasteiger partial charge is 0.430 e. The van der Waals surface area contributed by atoms with Crippen molar-refractivity contribution in [2.24, 2.45) is 17.4 Å². The van der Waals surface area contributed by atoms with Crippen LogP contribution in [0.4, 0.5) is 0 Å². The molecule has 0 radical (unpaired) electrons. The number of Topliss-reactive ketones (excluding diaryl/α,β-unsaturated/α-hetero) is 1. The first-order chi connectivity index (χ1) is 11.1. The molecule has 0 amide bonds. The number of hydrogen-bond donors (Lipinski definition) is 3. The summed E-state index contributed by atoms with van der Waals surface area (Å²) < 4.78 is 4.61. The van der Waals surface area contributed by atoms with Crippen LogP contribution in [0, 0.1) is 16.0 Å². The van der Waals surface area contributed by atoms with Gasteiger partial charge in [0.05, 0.1) is 0 Å². The topological polar surface area (TPSA) is 207 Å². The zero-order valence-electron chi connectivity index (χ0n) is 14.5. The molecule has 1 saturated carbocycles. The Morgan fingerprint density at radius 2 is 1.65 bits per heavy atom. The summed E-state index contributed by atoms with van der Waals surface area (Å²) in [7, 11) is 0. The molecule has 0 aromatic heterocycles. The van der Waals surface area contributed by atoms with Crippen molar-refractivity contribution in [3.05, 3.63) is 21.9 Å². The van der Waals surface area contributed by atoms with Crippen LogP contribution in [0.1, 0.15) is 39.5 Å². The summed E-state index contributed by atoms with van der Waals surface area (Å²) >= 11 is 0. The molecule has 26 heavy (non-hydrogen) atoms. The molecule has 1 aliphatic carbocycles. The Bertz CT molecular complexity index is 512. The number of esters is 1. The van der Waals surface area contributed by atoms with Crippen LogP contribution in [0.3, 0.4) is 0 Å². The van der Waals surface area contributed by atoms with Crippen molar-refractivity contribution < 1.29 is 56.0 Å². The van der Waals surface area contributed by atoms with Crippen molar-refractivity contribution in [1.29, 1.82) is 0 Å². The van der Waals surface area contributed by atoms with Gasteiger partial charge in [0.25, 0.3) is 5.09 Å². The van der Waals surface area contributed by atoms with Crippen LogP contribution >= 0.6 is 0 Å². The Morgan fingerprint density at radius 1 is 1.27 bits per heavy atom. The number of carbonyl (C=O) groups is 3. The smallest absolute Gasteiger partial charge is 0.329 e. The van der Waals surface area contributed by atoms with Gasteiger partial charge in [-0.25, -0.2) is 0 Å². The van der Waals surface area contributed by atoms with Gasteiger partial charge >= 0.3 is 5.97 Å². The summed E-state index contributed by atoms with van der Waals surface area (Å²) in [5.74, 6) is -2.74. The van der Waals surface area contributed by atoms with Crippen LogP contribution in [0.25, 0.3) is 0 Å². The molecule has 154 valence electrons. The van der Waals surface area contributed by atoms with E-state index in [4.69, 9.17) is 26.8 Å². The maximum atomic E-state index is 11.1. The zero-order chi connectivity index (χ0) is 18.9. The fourth-order valence-corrected chi connectivity index (χ4v) is 2.20. The molecule has 0 bridgehead atoms. The summed E-state index contributed by atoms with van der Waals surface area (Å²) in [6.07, 6.45) is 5.96. The predicted molar refractivity (Wildman–Crippen MR) is 85.8 cm³/mol. The molecule has 0 saturated heterocycles. The number of hydrogen-bond acceptors (Lipinski definition) is 8. The minimum absolute atomic E-state index is 0. The minimum Gasteiger partial charge on any atom is -0.430 e. The van der Waals surface area contributed by atoms with Crippen LogP contribution in [0.5, 0.6) is 0 Å². The molecule has 0 spiro atoms. The van der Waals surface area contributed by atoms with Crippen molar-refractivity contribution in [3.8, 4) is 0 Å². The Hall–Kier alpha value is -1.68. The molecule has 1 heterocycles. The molecule has 2 rings (SSSR count). The average molecular weight is 558 g/mol. The third-order valence-electron chi connectivity index (χ3n) is 3.41. The monoisotopic (exact) mass is 558 g/mol. The van der Waals surface area contributed by atoms with Crippen LogP contribution in [-0.4, -0.2) is 45.4 Å². The molecule has 1 aliphatic heterocycles. The van der Waals surface area contributed by atoms with Gasteiger partial charge in [-0.05, 0) is 26.7 Å². The number of ketones is 2. The quantitative estimate of drug-likeness (QED) is 0.160. The Kier molecular flexibility index (Phi) is 16.2. The van der Waals surface area contributed by atoms with Gasteiger partial charge in [-0.15, -0.1) is 10.1 Å². The van der Waals surface area contributed by atoms with Crippen LogP contribution in [0.15, 0.2) is 11.8 Å². The molecule has 0 aromatic rings. The summed E-state index contributed by atoms with van der Waals surface area (Å²) in [6, 6.07) is 0.562. The molecule has 11 nitrogen and oxygen atoms in total. The molecule has 3 atom stereocenters.